The number of halogens is 1. The number of rotatable bonds is 5. The second-order valence-electron chi connectivity index (χ2n) is 5.41. The van der Waals surface area contributed by atoms with E-state index in [1.165, 1.54) is 12.4 Å². The smallest absolute Gasteiger partial charge is 0.159 e. The van der Waals surface area contributed by atoms with Crippen LogP contribution in [-0.4, -0.2) is 17.0 Å². The van der Waals surface area contributed by atoms with Crippen molar-refractivity contribution in [2.45, 2.75) is 6.54 Å². The minimum atomic E-state index is -0.366. The quantitative estimate of drug-likeness (QED) is 0.751. The van der Waals surface area contributed by atoms with E-state index in [9.17, 15) is 4.39 Å². The third-order valence-corrected chi connectivity index (χ3v) is 3.61. The number of aromatic nitrogens is 2. The Kier molecular flexibility index (Phi) is 4.56. The standard InChI is InChI=1S/C18H18FN5/c1-24(11-13-7-3-2-4-8-13)18-16(20)17(21-12-22-18)23-15-10-6-5-9-14(15)19/h2-10,12H,11,20H2,1H3,(H,21,22,23). The van der Waals surface area contributed by atoms with Gasteiger partial charge in [-0.05, 0) is 17.7 Å². The van der Waals surface area contributed by atoms with Gasteiger partial charge in [0.2, 0.25) is 0 Å². The van der Waals surface area contributed by atoms with Crippen molar-refractivity contribution < 1.29 is 4.39 Å². The molecule has 24 heavy (non-hydrogen) atoms. The molecule has 0 radical (unpaired) electrons. The first-order valence-electron chi connectivity index (χ1n) is 7.52. The molecule has 0 aliphatic heterocycles. The zero-order chi connectivity index (χ0) is 16.9. The van der Waals surface area contributed by atoms with E-state index in [1.807, 2.05) is 42.3 Å². The minimum absolute atomic E-state index is 0.319. The average molecular weight is 323 g/mol. The van der Waals surface area contributed by atoms with E-state index in [2.05, 4.69) is 15.3 Å². The highest BCUT2D eigenvalue weighted by atomic mass is 19.1. The van der Waals surface area contributed by atoms with Gasteiger partial charge in [0.05, 0.1) is 5.69 Å². The van der Waals surface area contributed by atoms with Crippen LogP contribution < -0.4 is 16.0 Å². The summed E-state index contributed by atoms with van der Waals surface area (Å²) in [5.74, 6) is 0.604. The van der Waals surface area contributed by atoms with E-state index in [1.54, 1.807) is 18.2 Å². The van der Waals surface area contributed by atoms with Gasteiger partial charge in [-0.3, -0.25) is 0 Å². The van der Waals surface area contributed by atoms with Gasteiger partial charge in [0, 0.05) is 13.6 Å². The fourth-order valence-corrected chi connectivity index (χ4v) is 2.41. The fourth-order valence-electron chi connectivity index (χ4n) is 2.41. The molecule has 5 nitrogen and oxygen atoms in total. The molecule has 1 heterocycles. The molecule has 3 rings (SSSR count). The summed E-state index contributed by atoms with van der Waals surface area (Å²) in [5.41, 5.74) is 8.02. The van der Waals surface area contributed by atoms with E-state index in [0.717, 1.165) is 5.56 Å². The van der Waals surface area contributed by atoms with Crippen molar-refractivity contribution >= 4 is 23.0 Å². The fraction of sp³-hybridized carbons (Fsp3) is 0.111. The topological polar surface area (TPSA) is 67.1 Å². The maximum absolute atomic E-state index is 13.8. The molecular weight excluding hydrogens is 305 g/mol. The van der Waals surface area contributed by atoms with E-state index in [0.29, 0.717) is 29.6 Å². The van der Waals surface area contributed by atoms with E-state index in [-0.39, 0.29) is 5.82 Å². The number of nitrogens with one attached hydrogen (secondary N) is 1. The number of nitrogen functional groups attached to an aromatic ring is 1. The summed E-state index contributed by atoms with van der Waals surface area (Å²) in [6, 6.07) is 16.4. The van der Waals surface area contributed by atoms with Gasteiger partial charge in [0.1, 0.15) is 17.8 Å². The summed E-state index contributed by atoms with van der Waals surface area (Å²) < 4.78 is 13.8. The van der Waals surface area contributed by atoms with E-state index in [4.69, 9.17) is 5.73 Å². The summed E-state index contributed by atoms with van der Waals surface area (Å²) in [6.07, 6.45) is 1.41. The third kappa shape index (κ3) is 3.43. The number of nitrogens with zero attached hydrogens (tertiary/aromatic N) is 3. The molecule has 3 N–H and O–H groups in total. The molecule has 0 bridgehead atoms. The summed E-state index contributed by atoms with van der Waals surface area (Å²) in [4.78, 5) is 10.3. The SMILES string of the molecule is CN(Cc1ccccc1)c1ncnc(Nc2ccccc2F)c1N. The monoisotopic (exact) mass is 323 g/mol. The molecule has 0 spiro atoms. The van der Waals surface area contributed by atoms with Crippen LogP contribution in [0.3, 0.4) is 0 Å². The Balaban J connectivity index is 1.84. The van der Waals surface area contributed by atoms with Crippen molar-refractivity contribution in [1.82, 2.24) is 9.97 Å². The number of hydrogen-bond donors (Lipinski definition) is 2. The lowest BCUT2D eigenvalue weighted by Crippen LogP contribution is -2.20. The Morgan fingerprint density at radius 1 is 1.04 bits per heavy atom. The molecule has 0 aliphatic carbocycles. The summed E-state index contributed by atoms with van der Waals surface area (Å²) >= 11 is 0. The number of hydrogen-bond acceptors (Lipinski definition) is 5. The van der Waals surface area contributed by atoms with E-state index >= 15 is 0 Å². The largest absolute Gasteiger partial charge is 0.393 e. The summed E-state index contributed by atoms with van der Waals surface area (Å²) in [7, 11) is 1.90. The van der Waals surface area contributed by atoms with Crippen LogP contribution in [0.2, 0.25) is 0 Å². The van der Waals surface area contributed by atoms with Gasteiger partial charge in [0.25, 0.3) is 0 Å². The number of nitrogens with two attached hydrogens (primary N) is 1. The molecule has 6 heteroatoms. The average Bonchev–Trinajstić information content (AvgIpc) is 2.59. The highest BCUT2D eigenvalue weighted by Crippen LogP contribution is 2.29. The van der Waals surface area contributed by atoms with Crippen molar-refractivity contribution in [2.75, 3.05) is 23.0 Å². The molecule has 3 aromatic rings. The Morgan fingerprint density at radius 2 is 1.75 bits per heavy atom. The van der Waals surface area contributed by atoms with Crippen molar-refractivity contribution in [3.8, 4) is 0 Å². The van der Waals surface area contributed by atoms with Crippen LogP contribution in [0, 0.1) is 5.82 Å². The molecule has 1 aromatic heterocycles. The van der Waals surface area contributed by atoms with Crippen molar-refractivity contribution in [2.24, 2.45) is 0 Å². The van der Waals surface area contributed by atoms with Gasteiger partial charge in [-0.2, -0.15) is 0 Å². The van der Waals surface area contributed by atoms with Crippen LogP contribution in [0.5, 0.6) is 0 Å². The van der Waals surface area contributed by atoms with Crippen LogP contribution in [0.4, 0.5) is 27.4 Å². The molecule has 0 saturated heterocycles. The first kappa shape index (κ1) is 15.7. The Labute approximate surface area is 140 Å². The number of benzene rings is 2. The maximum Gasteiger partial charge on any atom is 0.159 e. The molecule has 0 amide bonds. The van der Waals surface area contributed by atoms with Crippen LogP contribution in [-0.2, 0) is 6.54 Å². The van der Waals surface area contributed by atoms with Crippen molar-refractivity contribution in [3.05, 3.63) is 72.3 Å². The molecule has 0 aliphatic rings. The van der Waals surface area contributed by atoms with Crippen LogP contribution in [0.15, 0.2) is 60.9 Å². The van der Waals surface area contributed by atoms with Crippen molar-refractivity contribution in [3.63, 3.8) is 0 Å². The zero-order valence-corrected chi connectivity index (χ0v) is 13.3. The lowest BCUT2D eigenvalue weighted by Gasteiger charge is -2.21. The molecule has 2 aromatic carbocycles. The summed E-state index contributed by atoms with van der Waals surface area (Å²) in [5, 5.41) is 2.92. The first-order chi connectivity index (χ1) is 11.6. The van der Waals surface area contributed by atoms with Crippen molar-refractivity contribution in [1.29, 1.82) is 0 Å². The number of para-hydroxylation sites is 1. The van der Waals surface area contributed by atoms with Crippen LogP contribution >= 0.6 is 0 Å². The predicted octanol–water partition coefficient (Wildman–Crippen LogP) is 3.58. The maximum atomic E-state index is 13.8. The zero-order valence-electron chi connectivity index (χ0n) is 13.3. The second-order valence-corrected chi connectivity index (χ2v) is 5.41. The van der Waals surface area contributed by atoms with Gasteiger partial charge in [0.15, 0.2) is 11.6 Å². The molecular formula is C18H18FN5. The predicted molar refractivity (Wildman–Crippen MR) is 94.7 cm³/mol. The normalized spacial score (nSPS) is 10.4. The molecule has 0 saturated carbocycles. The first-order valence-corrected chi connectivity index (χ1v) is 7.52. The molecule has 0 atom stereocenters. The Bertz CT molecular complexity index is 823. The molecule has 0 fully saturated rings. The third-order valence-electron chi connectivity index (χ3n) is 3.61. The van der Waals surface area contributed by atoms with Crippen LogP contribution in [0.25, 0.3) is 0 Å². The highest BCUT2D eigenvalue weighted by molar-refractivity contribution is 5.78. The highest BCUT2D eigenvalue weighted by Gasteiger charge is 2.13. The minimum Gasteiger partial charge on any atom is -0.393 e. The lowest BCUT2D eigenvalue weighted by atomic mass is 10.2. The lowest BCUT2D eigenvalue weighted by molar-refractivity contribution is 0.632. The van der Waals surface area contributed by atoms with Gasteiger partial charge in [-0.25, -0.2) is 14.4 Å². The molecule has 0 unspecified atom stereocenters. The summed E-state index contributed by atoms with van der Waals surface area (Å²) in [6.45, 7) is 0.654. The van der Waals surface area contributed by atoms with Gasteiger partial charge in [-0.15, -0.1) is 0 Å². The Hall–Kier alpha value is -3.15. The van der Waals surface area contributed by atoms with Crippen LogP contribution in [0.1, 0.15) is 5.56 Å². The van der Waals surface area contributed by atoms with E-state index < -0.39 is 0 Å². The Morgan fingerprint density at radius 3 is 2.50 bits per heavy atom. The van der Waals surface area contributed by atoms with Gasteiger partial charge >= 0.3 is 0 Å². The number of anilines is 4. The molecule has 122 valence electrons. The second kappa shape index (κ2) is 6.95. The van der Waals surface area contributed by atoms with Gasteiger partial charge in [-0.1, -0.05) is 42.5 Å². The van der Waals surface area contributed by atoms with Gasteiger partial charge < -0.3 is 16.0 Å².